The quantitative estimate of drug-likeness (QED) is 0.910. The fourth-order valence-electron chi connectivity index (χ4n) is 3.09. The van der Waals surface area contributed by atoms with Crippen molar-refractivity contribution in [1.29, 1.82) is 0 Å². The van der Waals surface area contributed by atoms with E-state index >= 15 is 0 Å². The van der Waals surface area contributed by atoms with Gasteiger partial charge in [-0.05, 0) is 37.8 Å². The summed E-state index contributed by atoms with van der Waals surface area (Å²) in [5.41, 5.74) is 0.794. The molecule has 0 aliphatic carbocycles. The van der Waals surface area contributed by atoms with Crippen LogP contribution in [0.4, 0.5) is 0 Å². The predicted molar refractivity (Wildman–Crippen MR) is 79.5 cm³/mol. The molecule has 0 radical (unpaired) electrons. The Morgan fingerprint density at radius 2 is 2.00 bits per heavy atom. The zero-order valence-electron chi connectivity index (χ0n) is 11.5. The Bertz CT molecular complexity index is 618. The highest BCUT2D eigenvalue weighted by Crippen LogP contribution is 2.30. The van der Waals surface area contributed by atoms with E-state index in [0.29, 0.717) is 24.2 Å². The van der Waals surface area contributed by atoms with Crippen LogP contribution in [0.1, 0.15) is 24.8 Å². The second-order valence-corrected chi connectivity index (χ2v) is 7.96. The second kappa shape index (κ2) is 5.30. The Labute approximate surface area is 125 Å². The lowest BCUT2D eigenvalue weighted by Crippen LogP contribution is -2.39. The van der Waals surface area contributed by atoms with Crippen molar-refractivity contribution in [2.24, 2.45) is 0 Å². The number of fused-ring (bicyclic) bond motifs is 2. The van der Waals surface area contributed by atoms with Gasteiger partial charge in [-0.2, -0.15) is 4.31 Å². The molecule has 1 aromatic carbocycles. The largest absolute Gasteiger partial charge is 0.310 e. The molecule has 110 valence electrons. The molecule has 2 aliphatic rings. The highest BCUT2D eigenvalue weighted by molar-refractivity contribution is 7.89. The van der Waals surface area contributed by atoms with Gasteiger partial charge in [0, 0.05) is 25.2 Å². The highest BCUT2D eigenvalue weighted by atomic mass is 35.5. The zero-order chi connectivity index (χ0) is 14.3. The minimum absolute atomic E-state index is 0.233. The van der Waals surface area contributed by atoms with Crippen molar-refractivity contribution in [3.63, 3.8) is 0 Å². The van der Waals surface area contributed by atoms with E-state index in [4.69, 9.17) is 11.6 Å². The lowest BCUT2D eigenvalue weighted by Gasteiger charge is -2.24. The zero-order valence-corrected chi connectivity index (χ0v) is 13.0. The predicted octanol–water partition coefficient (Wildman–Crippen LogP) is 2.16. The van der Waals surface area contributed by atoms with Gasteiger partial charge in [-0.1, -0.05) is 23.7 Å². The lowest BCUT2D eigenvalue weighted by molar-refractivity contribution is 0.383. The van der Waals surface area contributed by atoms with Gasteiger partial charge in [0.2, 0.25) is 10.0 Å². The number of aryl methyl sites for hydroxylation is 1. The molecule has 1 aromatic rings. The molecule has 20 heavy (non-hydrogen) atoms. The van der Waals surface area contributed by atoms with Crippen molar-refractivity contribution in [3.05, 3.63) is 28.8 Å². The van der Waals surface area contributed by atoms with E-state index in [2.05, 4.69) is 5.32 Å². The number of nitrogens with zero attached hydrogens (tertiary/aromatic N) is 1. The molecule has 6 heteroatoms. The van der Waals surface area contributed by atoms with E-state index in [1.165, 1.54) is 0 Å². The van der Waals surface area contributed by atoms with Crippen LogP contribution >= 0.6 is 11.6 Å². The summed E-state index contributed by atoms with van der Waals surface area (Å²) in [6.07, 6.45) is 3.08. The summed E-state index contributed by atoms with van der Waals surface area (Å²) < 4.78 is 27.2. The lowest BCUT2D eigenvalue weighted by atomic mass is 10.1. The number of hydrogen-bond acceptors (Lipinski definition) is 3. The Morgan fingerprint density at radius 1 is 1.25 bits per heavy atom. The molecule has 0 amide bonds. The molecule has 1 N–H and O–H groups in total. The maximum absolute atomic E-state index is 12.8. The molecule has 2 fully saturated rings. The summed E-state index contributed by atoms with van der Waals surface area (Å²) >= 11 is 6.20. The minimum atomic E-state index is -3.50. The number of hydrogen-bond donors (Lipinski definition) is 1. The molecule has 2 aliphatic heterocycles. The van der Waals surface area contributed by atoms with Crippen molar-refractivity contribution in [1.82, 2.24) is 9.62 Å². The molecular formula is C14H19ClN2O2S. The van der Waals surface area contributed by atoms with E-state index in [0.717, 1.165) is 24.8 Å². The number of halogens is 1. The van der Waals surface area contributed by atoms with E-state index in [9.17, 15) is 8.42 Å². The first-order chi connectivity index (χ1) is 9.48. The van der Waals surface area contributed by atoms with Crippen molar-refractivity contribution < 1.29 is 8.42 Å². The Hall–Kier alpha value is -0.620. The number of rotatable bonds is 2. The van der Waals surface area contributed by atoms with Crippen LogP contribution in [0.25, 0.3) is 0 Å². The van der Waals surface area contributed by atoms with Gasteiger partial charge in [0.25, 0.3) is 0 Å². The highest BCUT2D eigenvalue weighted by Gasteiger charge is 2.35. The molecule has 3 rings (SSSR count). The summed E-state index contributed by atoms with van der Waals surface area (Å²) in [6.45, 7) is 2.94. The molecule has 2 bridgehead atoms. The SMILES string of the molecule is Cc1cccc(S(=O)(=O)N2CCC3CCC(C2)N3)c1Cl. The molecule has 2 heterocycles. The molecule has 0 spiro atoms. The van der Waals surface area contributed by atoms with Crippen LogP contribution < -0.4 is 5.32 Å². The maximum atomic E-state index is 12.8. The van der Waals surface area contributed by atoms with Crippen molar-refractivity contribution >= 4 is 21.6 Å². The minimum Gasteiger partial charge on any atom is -0.310 e. The second-order valence-electron chi connectivity index (χ2n) is 5.68. The average Bonchev–Trinajstić information content (AvgIpc) is 2.71. The first-order valence-corrected chi connectivity index (χ1v) is 8.81. The Balaban J connectivity index is 1.93. The third-order valence-electron chi connectivity index (χ3n) is 4.26. The maximum Gasteiger partial charge on any atom is 0.244 e. The van der Waals surface area contributed by atoms with Crippen LogP contribution in [0, 0.1) is 6.92 Å². The standard InChI is InChI=1S/C14H19ClN2O2S/c1-10-3-2-4-13(14(10)15)20(18,19)17-8-7-11-5-6-12(9-17)16-11/h2-4,11-12,16H,5-9H2,1H3. The van der Waals surface area contributed by atoms with Crippen LogP contribution in [0.2, 0.25) is 5.02 Å². The van der Waals surface area contributed by atoms with Crippen LogP contribution in [0.3, 0.4) is 0 Å². The van der Waals surface area contributed by atoms with Gasteiger partial charge in [-0.15, -0.1) is 0 Å². The van der Waals surface area contributed by atoms with E-state index in [-0.39, 0.29) is 10.9 Å². The molecule has 2 atom stereocenters. The first-order valence-electron chi connectivity index (χ1n) is 7.00. The Kier molecular flexibility index (Phi) is 3.79. The van der Waals surface area contributed by atoms with Gasteiger partial charge >= 0.3 is 0 Å². The summed E-state index contributed by atoms with van der Waals surface area (Å²) in [5, 5.41) is 3.84. The van der Waals surface area contributed by atoms with Crippen LogP contribution in [0.15, 0.2) is 23.1 Å². The van der Waals surface area contributed by atoms with Gasteiger partial charge in [0.1, 0.15) is 4.90 Å². The molecule has 4 nitrogen and oxygen atoms in total. The molecule has 2 saturated heterocycles. The van der Waals surface area contributed by atoms with E-state index in [1.54, 1.807) is 16.4 Å². The molecular weight excluding hydrogens is 296 g/mol. The summed E-state index contributed by atoms with van der Waals surface area (Å²) in [7, 11) is -3.50. The Morgan fingerprint density at radius 3 is 2.80 bits per heavy atom. The molecule has 0 saturated carbocycles. The van der Waals surface area contributed by atoms with Crippen molar-refractivity contribution in [3.8, 4) is 0 Å². The normalized spacial score (nSPS) is 27.5. The third-order valence-corrected chi connectivity index (χ3v) is 6.78. The van der Waals surface area contributed by atoms with Crippen LogP contribution in [-0.2, 0) is 10.0 Å². The third kappa shape index (κ3) is 2.48. The van der Waals surface area contributed by atoms with Gasteiger partial charge in [-0.3, -0.25) is 0 Å². The smallest absolute Gasteiger partial charge is 0.244 e. The van der Waals surface area contributed by atoms with Crippen LogP contribution in [-0.4, -0.2) is 37.9 Å². The van der Waals surface area contributed by atoms with Gasteiger partial charge in [0.15, 0.2) is 0 Å². The fourth-order valence-corrected chi connectivity index (χ4v) is 5.14. The van der Waals surface area contributed by atoms with Gasteiger partial charge in [-0.25, -0.2) is 8.42 Å². The monoisotopic (exact) mass is 314 g/mol. The number of sulfonamides is 1. The van der Waals surface area contributed by atoms with E-state index < -0.39 is 10.0 Å². The van der Waals surface area contributed by atoms with Gasteiger partial charge < -0.3 is 5.32 Å². The van der Waals surface area contributed by atoms with Gasteiger partial charge in [0.05, 0.1) is 5.02 Å². The number of nitrogens with one attached hydrogen (secondary N) is 1. The summed E-state index contributed by atoms with van der Waals surface area (Å²) in [5.74, 6) is 0. The first kappa shape index (κ1) is 14.3. The van der Waals surface area contributed by atoms with Crippen LogP contribution in [0.5, 0.6) is 0 Å². The summed E-state index contributed by atoms with van der Waals surface area (Å²) in [4.78, 5) is 0.233. The summed E-state index contributed by atoms with van der Waals surface area (Å²) in [6, 6.07) is 5.92. The molecule has 2 unspecified atom stereocenters. The topological polar surface area (TPSA) is 49.4 Å². The van der Waals surface area contributed by atoms with E-state index in [1.807, 2.05) is 13.0 Å². The fraction of sp³-hybridized carbons (Fsp3) is 0.571. The average molecular weight is 315 g/mol. The number of benzene rings is 1. The molecule has 0 aromatic heterocycles. The van der Waals surface area contributed by atoms with Crippen molar-refractivity contribution in [2.75, 3.05) is 13.1 Å². The van der Waals surface area contributed by atoms with Crippen molar-refractivity contribution in [2.45, 2.75) is 43.2 Å².